The Morgan fingerprint density at radius 3 is 2.66 bits per heavy atom. The van der Waals surface area contributed by atoms with Gasteiger partial charge in [0, 0.05) is 30.8 Å². The molecule has 7 nitrogen and oxygen atoms in total. The molecule has 0 saturated carbocycles. The highest BCUT2D eigenvalue weighted by molar-refractivity contribution is 5.43. The van der Waals surface area contributed by atoms with E-state index in [2.05, 4.69) is 20.1 Å². The molecule has 1 aliphatic rings. The Balaban J connectivity index is 1.37. The Morgan fingerprint density at radius 2 is 1.91 bits per heavy atom. The van der Waals surface area contributed by atoms with E-state index in [-0.39, 0.29) is 5.56 Å². The minimum absolute atomic E-state index is 0.261. The molecule has 1 aromatic carbocycles. The van der Waals surface area contributed by atoms with E-state index in [0.717, 1.165) is 29.6 Å². The van der Waals surface area contributed by atoms with Crippen LogP contribution in [0.1, 0.15) is 52.9 Å². The fraction of sp³-hybridized carbons (Fsp3) is 0.360. The summed E-state index contributed by atoms with van der Waals surface area (Å²) in [5.41, 5.74) is 2.15. The fourth-order valence-electron chi connectivity index (χ4n) is 4.61. The third kappa shape index (κ3) is 4.65. The lowest BCUT2D eigenvalue weighted by Gasteiger charge is -2.25. The molecule has 1 atom stereocenters. The Hall–Kier alpha value is -3.69. The first-order valence-corrected chi connectivity index (χ1v) is 11.5. The highest BCUT2D eigenvalue weighted by Gasteiger charge is 2.37. The average Bonchev–Trinajstić information content (AvgIpc) is 3.47. The molecular formula is C25H25F3N6O. The number of imidazole rings is 1. The van der Waals surface area contributed by atoms with Crippen molar-refractivity contribution in [1.29, 1.82) is 0 Å². The van der Waals surface area contributed by atoms with Gasteiger partial charge in [-0.05, 0) is 49.9 Å². The van der Waals surface area contributed by atoms with Crippen LogP contribution in [0.5, 0.6) is 5.88 Å². The zero-order valence-electron chi connectivity index (χ0n) is 19.5. The molecule has 1 unspecified atom stereocenters. The Labute approximate surface area is 200 Å². The highest BCUT2D eigenvalue weighted by Crippen LogP contribution is 2.40. The van der Waals surface area contributed by atoms with Crippen molar-refractivity contribution in [2.45, 2.75) is 51.2 Å². The number of alkyl halides is 3. The molecule has 0 N–H and O–H groups in total. The van der Waals surface area contributed by atoms with Gasteiger partial charge in [-0.1, -0.05) is 18.2 Å². The lowest BCUT2D eigenvalue weighted by molar-refractivity contribution is -0.138. The normalized spacial score (nSPS) is 15.7. The number of halogens is 3. The minimum Gasteiger partial charge on any atom is -0.479 e. The number of ether oxygens (including phenoxy) is 1. The number of rotatable bonds is 6. The molecule has 0 radical (unpaired) electrons. The molecule has 0 aliphatic carbocycles. The van der Waals surface area contributed by atoms with E-state index in [1.54, 1.807) is 30.3 Å². The summed E-state index contributed by atoms with van der Waals surface area (Å²) in [4.78, 5) is 13.5. The predicted octanol–water partition coefficient (Wildman–Crippen LogP) is 4.91. The Bertz CT molecular complexity index is 1340. The molecule has 10 heteroatoms. The monoisotopic (exact) mass is 482 g/mol. The lowest BCUT2D eigenvalue weighted by Crippen LogP contribution is -2.21. The second-order valence-electron chi connectivity index (χ2n) is 8.64. The van der Waals surface area contributed by atoms with Gasteiger partial charge >= 0.3 is 6.18 Å². The summed E-state index contributed by atoms with van der Waals surface area (Å²) in [5, 5.41) is 4.60. The molecule has 5 rings (SSSR count). The quantitative estimate of drug-likeness (QED) is 0.391. The van der Waals surface area contributed by atoms with E-state index in [9.17, 15) is 13.2 Å². The Morgan fingerprint density at radius 1 is 1.09 bits per heavy atom. The van der Waals surface area contributed by atoms with Gasteiger partial charge in [0.05, 0.1) is 24.7 Å². The van der Waals surface area contributed by atoms with Crippen molar-refractivity contribution in [1.82, 2.24) is 29.3 Å². The lowest BCUT2D eigenvalue weighted by atomic mass is 9.88. The summed E-state index contributed by atoms with van der Waals surface area (Å²) < 4.78 is 50.0. The van der Waals surface area contributed by atoms with E-state index < -0.39 is 17.7 Å². The SMILES string of the molecule is COc1nc(CCc2nc3n(n2)CCCC3c2ccccc2C(F)(F)F)ccc1-n1cnc(C)c1. The van der Waals surface area contributed by atoms with Gasteiger partial charge < -0.3 is 9.30 Å². The molecule has 1 aliphatic heterocycles. The number of pyridine rings is 1. The van der Waals surface area contributed by atoms with Crippen molar-refractivity contribution in [3.63, 3.8) is 0 Å². The first-order chi connectivity index (χ1) is 16.8. The maximum atomic E-state index is 13.6. The molecule has 4 heterocycles. The van der Waals surface area contributed by atoms with E-state index in [1.165, 1.54) is 6.07 Å². The number of nitrogens with zero attached hydrogens (tertiary/aromatic N) is 6. The third-order valence-corrected chi connectivity index (χ3v) is 6.25. The highest BCUT2D eigenvalue weighted by atomic mass is 19.4. The number of fused-ring (bicyclic) bond motifs is 1. The molecule has 35 heavy (non-hydrogen) atoms. The van der Waals surface area contributed by atoms with Gasteiger partial charge in [0.2, 0.25) is 5.88 Å². The van der Waals surface area contributed by atoms with Crippen LogP contribution in [-0.4, -0.2) is 36.4 Å². The standard InChI is InChI=1S/C25H25F3N6O/c1-16-14-33(15-29-16)21-11-9-17(30-24(21)35-2)10-12-22-31-23-19(7-5-13-34(23)32-22)18-6-3-4-8-20(18)25(26,27)28/h3-4,6,8-9,11,14-15,19H,5,7,10,12-13H2,1-2H3. The number of methoxy groups -OCH3 is 1. The smallest absolute Gasteiger partial charge is 0.416 e. The molecule has 0 amide bonds. The molecular weight excluding hydrogens is 457 g/mol. The predicted molar refractivity (Wildman–Crippen MR) is 123 cm³/mol. The number of hydrogen-bond acceptors (Lipinski definition) is 5. The van der Waals surface area contributed by atoms with Crippen LogP contribution in [0, 0.1) is 6.92 Å². The molecule has 0 spiro atoms. The van der Waals surface area contributed by atoms with Crippen LogP contribution in [0.25, 0.3) is 5.69 Å². The van der Waals surface area contributed by atoms with Crippen LogP contribution in [-0.2, 0) is 25.6 Å². The van der Waals surface area contributed by atoms with Crippen molar-refractivity contribution in [2.24, 2.45) is 0 Å². The van der Waals surface area contributed by atoms with Gasteiger partial charge in [0.25, 0.3) is 0 Å². The number of aromatic nitrogens is 6. The fourth-order valence-corrected chi connectivity index (χ4v) is 4.61. The number of aryl methyl sites for hydroxylation is 4. The van der Waals surface area contributed by atoms with Crippen LogP contribution in [0.2, 0.25) is 0 Å². The van der Waals surface area contributed by atoms with Gasteiger partial charge in [-0.2, -0.15) is 18.3 Å². The van der Waals surface area contributed by atoms with Crippen LogP contribution < -0.4 is 4.74 Å². The number of hydrogen-bond donors (Lipinski definition) is 0. The first-order valence-electron chi connectivity index (χ1n) is 11.5. The first kappa shape index (κ1) is 23.1. The maximum Gasteiger partial charge on any atom is 0.416 e. The molecule has 0 saturated heterocycles. The van der Waals surface area contributed by atoms with Gasteiger partial charge in [0.15, 0.2) is 5.82 Å². The van der Waals surface area contributed by atoms with Crippen LogP contribution >= 0.6 is 0 Å². The molecule has 182 valence electrons. The van der Waals surface area contributed by atoms with E-state index in [0.29, 0.717) is 43.3 Å². The Kier molecular flexibility index (Phi) is 6.04. The summed E-state index contributed by atoms with van der Waals surface area (Å²) in [6.07, 6.45) is 1.65. The van der Waals surface area contributed by atoms with Gasteiger partial charge in [0.1, 0.15) is 11.5 Å². The van der Waals surface area contributed by atoms with E-state index >= 15 is 0 Å². The summed E-state index contributed by atoms with van der Waals surface area (Å²) in [6, 6.07) is 9.61. The van der Waals surface area contributed by atoms with Crippen molar-refractivity contribution >= 4 is 0 Å². The molecule has 0 bridgehead atoms. The summed E-state index contributed by atoms with van der Waals surface area (Å²) in [7, 11) is 1.57. The zero-order valence-corrected chi connectivity index (χ0v) is 19.5. The summed E-state index contributed by atoms with van der Waals surface area (Å²) >= 11 is 0. The topological polar surface area (TPSA) is 70.7 Å². The average molecular weight is 483 g/mol. The van der Waals surface area contributed by atoms with E-state index in [4.69, 9.17) is 4.74 Å². The van der Waals surface area contributed by atoms with Crippen molar-refractivity contribution in [3.8, 4) is 11.6 Å². The van der Waals surface area contributed by atoms with Gasteiger partial charge in [-0.15, -0.1) is 0 Å². The number of benzene rings is 1. The van der Waals surface area contributed by atoms with Crippen molar-refractivity contribution in [3.05, 3.63) is 83.1 Å². The van der Waals surface area contributed by atoms with Crippen LogP contribution in [0.3, 0.4) is 0 Å². The molecule has 3 aromatic heterocycles. The van der Waals surface area contributed by atoms with Crippen molar-refractivity contribution < 1.29 is 17.9 Å². The second kappa shape index (κ2) is 9.16. The summed E-state index contributed by atoms with van der Waals surface area (Å²) in [5.74, 6) is 1.26. The maximum absolute atomic E-state index is 13.6. The van der Waals surface area contributed by atoms with Gasteiger partial charge in [-0.25, -0.2) is 19.6 Å². The summed E-state index contributed by atoms with van der Waals surface area (Å²) in [6.45, 7) is 2.56. The van der Waals surface area contributed by atoms with Crippen LogP contribution in [0.4, 0.5) is 13.2 Å². The minimum atomic E-state index is -4.41. The van der Waals surface area contributed by atoms with Gasteiger partial charge in [-0.3, -0.25) is 0 Å². The zero-order chi connectivity index (χ0) is 24.6. The van der Waals surface area contributed by atoms with E-state index in [1.807, 2.05) is 29.8 Å². The van der Waals surface area contributed by atoms with Crippen molar-refractivity contribution in [2.75, 3.05) is 7.11 Å². The van der Waals surface area contributed by atoms with Crippen LogP contribution in [0.15, 0.2) is 48.9 Å². The molecule has 0 fully saturated rings. The molecule has 4 aromatic rings. The largest absolute Gasteiger partial charge is 0.479 e. The third-order valence-electron chi connectivity index (χ3n) is 6.25. The second-order valence-corrected chi connectivity index (χ2v) is 8.64.